The SMILES string of the molecule is CCOC(=O)N/N=C\c1ccc(-c2ccc(Cl)cc2[N+](=O)[O-])o1. The number of benzene rings is 1. The molecule has 8 nitrogen and oxygen atoms in total. The molecule has 0 fully saturated rings. The average Bonchev–Trinajstić information content (AvgIpc) is 2.96. The van der Waals surface area contributed by atoms with E-state index in [4.69, 9.17) is 16.0 Å². The summed E-state index contributed by atoms with van der Waals surface area (Å²) in [6.07, 6.45) is 0.561. The van der Waals surface area contributed by atoms with Gasteiger partial charge in [-0.3, -0.25) is 10.1 Å². The fourth-order valence-corrected chi connectivity index (χ4v) is 1.91. The lowest BCUT2D eigenvalue weighted by Gasteiger charge is -2.00. The van der Waals surface area contributed by atoms with Crippen molar-refractivity contribution >= 4 is 29.6 Å². The maximum atomic E-state index is 11.1. The molecule has 0 saturated carbocycles. The van der Waals surface area contributed by atoms with Gasteiger partial charge in [-0.15, -0.1) is 0 Å². The monoisotopic (exact) mass is 337 g/mol. The Morgan fingerprint density at radius 2 is 2.26 bits per heavy atom. The summed E-state index contributed by atoms with van der Waals surface area (Å²) in [7, 11) is 0. The molecule has 0 atom stereocenters. The third-order valence-electron chi connectivity index (χ3n) is 2.67. The molecule has 120 valence electrons. The molecule has 1 aromatic heterocycles. The normalized spacial score (nSPS) is 10.7. The Kier molecular flexibility index (Phi) is 5.32. The minimum absolute atomic E-state index is 0.167. The van der Waals surface area contributed by atoms with Gasteiger partial charge in [0, 0.05) is 11.1 Å². The minimum atomic E-state index is -0.691. The Morgan fingerprint density at radius 3 is 2.96 bits per heavy atom. The Labute approximate surface area is 135 Å². The van der Waals surface area contributed by atoms with E-state index in [1.807, 2.05) is 0 Å². The van der Waals surface area contributed by atoms with Gasteiger partial charge in [0.2, 0.25) is 0 Å². The number of hydrazone groups is 1. The number of carbonyl (C=O) groups excluding carboxylic acids is 1. The number of nitrogens with zero attached hydrogens (tertiary/aromatic N) is 2. The number of carbonyl (C=O) groups is 1. The van der Waals surface area contributed by atoms with Crippen molar-refractivity contribution in [3.8, 4) is 11.3 Å². The summed E-state index contributed by atoms with van der Waals surface area (Å²) in [6, 6.07) is 7.39. The molecule has 9 heteroatoms. The predicted octanol–water partition coefficient (Wildman–Crippen LogP) is 3.59. The summed E-state index contributed by atoms with van der Waals surface area (Å²) in [6.45, 7) is 1.90. The third kappa shape index (κ3) is 4.30. The smallest absolute Gasteiger partial charge is 0.427 e. The van der Waals surface area contributed by atoms with Crippen LogP contribution < -0.4 is 5.43 Å². The molecule has 0 unspecified atom stereocenters. The second kappa shape index (κ2) is 7.41. The van der Waals surface area contributed by atoms with E-state index in [1.165, 1.54) is 24.4 Å². The molecule has 0 aliphatic carbocycles. The summed E-state index contributed by atoms with van der Waals surface area (Å²) >= 11 is 5.77. The Balaban J connectivity index is 2.18. The number of amides is 1. The fourth-order valence-electron chi connectivity index (χ4n) is 1.74. The van der Waals surface area contributed by atoms with Crippen LogP contribution in [0.4, 0.5) is 10.5 Å². The van der Waals surface area contributed by atoms with Crippen molar-refractivity contribution in [3.63, 3.8) is 0 Å². The van der Waals surface area contributed by atoms with Crippen molar-refractivity contribution in [2.45, 2.75) is 6.92 Å². The summed E-state index contributed by atoms with van der Waals surface area (Å²) in [5.41, 5.74) is 2.26. The van der Waals surface area contributed by atoms with Crippen LogP contribution in [0.25, 0.3) is 11.3 Å². The first kappa shape index (κ1) is 16.5. The zero-order valence-electron chi connectivity index (χ0n) is 12.0. The van der Waals surface area contributed by atoms with Gasteiger partial charge in [0.1, 0.15) is 11.5 Å². The van der Waals surface area contributed by atoms with Crippen LogP contribution in [0.1, 0.15) is 12.7 Å². The molecule has 2 rings (SSSR count). The highest BCUT2D eigenvalue weighted by Gasteiger charge is 2.18. The van der Waals surface area contributed by atoms with Crippen LogP contribution in [0.15, 0.2) is 39.9 Å². The first-order valence-corrected chi connectivity index (χ1v) is 6.89. The molecule has 0 aliphatic rings. The van der Waals surface area contributed by atoms with Crippen LogP contribution in [0.5, 0.6) is 0 Å². The van der Waals surface area contributed by atoms with Crippen molar-refractivity contribution in [3.05, 3.63) is 51.2 Å². The van der Waals surface area contributed by atoms with Crippen molar-refractivity contribution in [2.24, 2.45) is 5.10 Å². The number of furan rings is 1. The Morgan fingerprint density at radius 1 is 1.48 bits per heavy atom. The molecule has 0 aliphatic heterocycles. The Hall–Kier alpha value is -2.87. The number of nitro benzene ring substituents is 1. The van der Waals surface area contributed by atoms with Gasteiger partial charge in [0.05, 0.1) is 23.3 Å². The van der Waals surface area contributed by atoms with E-state index in [2.05, 4.69) is 15.3 Å². The van der Waals surface area contributed by atoms with Crippen molar-refractivity contribution < 1.29 is 18.9 Å². The van der Waals surface area contributed by atoms with Crippen LogP contribution >= 0.6 is 11.6 Å². The topological polar surface area (TPSA) is 107 Å². The molecule has 1 aromatic carbocycles. The van der Waals surface area contributed by atoms with E-state index < -0.39 is 11.0 Å². The first-order valence-electron chi connectivity index (χ1n) is 6.51. The molecular formula is C14H12ClN3O5. The largest absolute Gasteiger partial charge is 0.455 e. The van der Waals surface area contributed by atoms with Crippen LogP contribution in [0.3, 0.4) is 0 Å². The maximum absolute atomic E-state index is 11.1. The van der Waals surface area contributed by atoms with Gasteiger partial charge in [-0.25, -0.2) is 10.2 Å². The first-order chi connectivity index (χ1) is 11.0. The lowest BCUT2D eigenvalue weighted by atomic mass is 10.1. The average molecular weight is 338 g/mol. The van der Waals surface area contributed by atoms with Crippen LogP contribution in [-0.4, -0.2) is 23.8 Å². The lowest BCUT2D eigenvalue weighted by molar-refractivity contribution is -0.384. The number of hydrogen-bond acceptors (Lipinski definition) is 6. The van der Waals surface area contributed by atoms with Gasteiger partial charge < -0.3 is 9.15 Å². The molecule has 2 aromatic rings. The van der Waals surface area contributed by atoms with Gasteiger partial charge in [-0.1, -0.05) is 11.6 Å². The molecule has 1 amide bonds. The molecule has 0 saturated heterocycles. The summed E-state index contributed by atoms with van der Waals surface area (Å²) < 4.78 is 10.1. The minimum Gasteiger partial charge on any atom is -0.455 e. The fraction of sp³-hybridized carbons (Fsp3) is 0.143. The van der Waals surface area contributed by atoms with E-state index in [0.29, 0.717) is 5.76 Å². The number of halogens is 1. The van der Waals surface area contributed by atoms with E-state index in [9.17, 15) is 14.9 Å². The van der Waals surface area contributed by atoms with Gasteiger partial charge >= 0.3 is 6.09 Å². The number of ether oxygens (including phenoxy) is 1. The predicted molar refractivity (Wildman–Crippen MR) is 83.6 cm³/mol. The highest BCUT2D eigenvalue weighted by Crippen LogP contribution is 2.33. The van der Waals surface area contributed by atoms with Gasteiger partial charge in [0.15, 0.2) is 0 Å². The molecule has 0 bridgehead atoms. The Bertz CT molecular complexity index is 757. The lowest BCUT2D eigenvalue weighted by Crippen LogP contribution is -2.18. The number of nitrogens with one attached hydrogen (secondary N) is 1. The zero-order chi connectivity index (χ0) is 16.8. The summed E-state index contributed by atoms with van der Waals surface area (Å²) in [4.78, 5) is 21.6. The standard InChI is InChI=1S/C14H12ClN3O5/c1-2-22-14(19)17-16-8-10-4-6-13(23-10)11-5-3-9(15)7-12(11)18(20)21/h3-8H,2H2,1H3,(H,17,19)/b16-8-. The highest BCUT2D eigenvalue weighted by atomic mass is 35.5. The quantitative estimate of drug-likeness (QED) is 0.509. The van der Waals surface area contributed by atoms with E-state index in [0.717, 1.165) is 0 Å². The van der Waals surface area contributed by atoms with E-state index in [-0.39, 0.29) is 28.6 Å². The molecule has 23 heavy (non-hydrogen) atoms. The third-order valence-corrected chi connectivity index (χ3v) is 2.91. The van der Waals surface area contributed by atoms with Crippen LogP contribution in [-0.2, 0) is 4.74 Å². The summed E-state index contributed by atoms with van der Waals surface area (Å²) in [5.74, 6) is 0.590. The summed E-state index contributed by atoms with van der Waals surface area (Å²) in [5, 5.41) is 15.0. The second-order valence-electron chi connectivity index (χ2n) is 4.21. The molecule has 1 heterocycles. The zero-order valence-corrected chi connectivity index (χ0v) is 12.7. The van der Waals surface area contributed by atoms with E-state index >= 15 is 0 Å². The van der Waals surface area contributed by atoms with E-state index in [1.54, 1.807) is 19.1 Å². The molecule has 0 radical (unpaired) electrons. The number of hydrogen-bond donors (Lipinski definition) is 1. The maximum Gasteiger partial charge on any atom is 0.427 e. The van der Waals surface area contributed by atoms with Crippen molar-refractivity contribution in [1.82, 2.24) is 5.43 Å². The number of rotatable bonds is 5. The highest BCUT2D eigenvalue weighted by molar-refractivity contribution is 6.30. The second-order valence-corrected chi connectivity index (χ2v) is 4.65. The molecule has 0 spiro atoms. The van der Waals surface area contributed by atoms with Crippen molar-refractivity contribution in [1.29, 1.82) is 0 Å². The molecule has 1 N–H and O–H groups in total. The van der Waals surface area contributed by atoms with Gasteiger partial charge in [0.25, 0.3) is 5.69 Å². The van der Waals surface area contributed by atoms with Crippen LogP contribution in [0.2, 0.25) is 5.02 Å². The van der Waals surface area contributed by atoms with Crippen LogP contribution in [0, 0.1) is 10.1 Å². The molecular weight excluding hydrogens is 326 g/mol. The van der Waals surface area contributed by atoms with Crippen molar-refractivity contribution in [2.75, 3.05) is 6.61 Å². The van der Waals surface area contributed by atoms with Gasteiger partial charge in [-0.05, 0) is 31.2 Å². The van der Waals surface area contributed by atoms with Gasteiger partial charge in [-0.2, -0.15) is 5.10 Å². The number of nitro groups is 1.